The number of nitrogens with one attached hydrogen (secondary N) is 1. The lowest BCUT2D eigenvalue weighted by atomic mass is 10.1. The maximum atomic E-state index is 12.7. The second-order valence-electron chi connectivity index (χ2n) is 4.55. The molecule has 3 nitrogen and oxygen atoms in total. The van der Waals surface area contributed by atoms with Crippen LogP contribution in [0.1, 0.15) is 11.1 Å². The summed E-state index contributed by atoms with van der Waals surface area (Å²) in [6.07, 6.45) is -4.76. The third-order valence-electron chi connectivity index (χ3n) is 2.90. The summed E-state index contributed by atoms with van der Waals surface area (Å²) in [5.41, 5.74) is -0.656. The van der Waals surface area contributed by atoms with Crippen LogP contribution in [0.2, 0.25) is 5.02 Å². The van der Waals surface area contributed by atoms with Gasteiger partial charge in [0, 0.05) is 11.3 Å². The number of amides is 1. The smallest absolute Gasteiger partial charge is 0.417 e. The van der Waals surface area contributed by atoms with Gasteiger partial charge in [0.05, 0.1) is 17.0 Å². The van der Waals surface area contributed by atoms with Crippen LogP contribution in [0.3, 0.4) is 0 Å². The van der Waals surface area contributed by atoms with Crippen molar-refractivity contribution in [3.63, 3.8) is 0 Å². The predicted molar refractivity (Wildman–Crippen MR) is 76.9 cm³/mol. The number of benzene rings is 2. The highest BCUT2D eigenvalue weighted by Crippen LogP contribution is 2.36. The average Bonchev–Trinajstić information content (AvgIpc) is 2.42. The Bertz CT molecular complexity index is 701. The van der Waals surface area contributed by atoms with Crippen molar-refractivity contribution in [2.75, 3.05) is 5.32 Å². The van der Waals surface area contributed by atoms with Gasteiger partial charge in [-0.05, 0) is 24.3 Å². The first-order chi connectivity index (χ1) is 10.3. The van der Waals surface area contributed by atoms with Gasteiger partial charge < -0.3 is 10.4 Å². The van der Waals surface area contributed by atoms with Gasteiger partial charge in [0.1, 0.15) is 5.75 Å². The number of halogens is 4. The lowest BCUT2D eigenvalue weighted by molar-refractivity contribution is -0.137. The lowest BCUT2D eigenvalue weighted by Gasteiger charge is -2.12. The van der Waals surface area contributed by atoms with Gasteiger partial charge >= 0.3 is 6.18 Å². The van der Waals surface area contributed by atoms with Crippen LogP contribution in [-0.2, 0) is 17.4 Å². The minimum absolute atomic E-state index is 0.0165. The summed E-state index contributed by atoms with van der Waals surface area (Å²) in [6.45, 7) is 0. The van der Waals surface area contributed by atoms with Crippen molar-refractivity contribution in [3.8, 4) is 5.75 Å². The second kappa shape index (κ2) is 6.27. The standard InChI is InChI=1S/C15H11ClF3NO2/c16-12-6-5-10(8-11(12)15(17,18)19)20-14(22)7-9-3-1-2-4-13(9)21/h1-6,8,21H,7H2,(H,20,22). The molecule has 0 aliphatic rings. The number of hydrogen-bond acceptors (Lipinski definition) is 2. The van der Waals surface area contributed by atoms with Gasteiger partial charge in [-0.1, -0.05) is 29.8 Å². The molecule has 0 saturated carbocycles. The number of phenols is 1. The van der Waals surface area contributed by atoms with Crippen molar-refractivity contribution in [1.82, 2.24) is 0 Å². The van der Waals surface area contributed by atoms with E-state index in [1.165, 1.54) is 12.1 Å². The molecule has 0 aliphatic heterocycles. The van der Waals surface area contributed by atoms with Gasteiger partial charge in [0.15, 0.2) is 0 Å². The molecule has 0 aliphatic carbocycles. The SMILES string of the molecule is O=C(Cc1ccccc1O)Nc1ccc(Cl)c(C(F)(F)F)c1. The second-order valence-corrected chi connectivity index (χ2v) is 4.95. The van der Waals surface area contributed by atoms with Crippen LogP contribution in [0.15, 0.2) is 42.5 Å². The van der Waals surface area contributed by atoms with Gasteiger partial charge in [-0.15, -0.1) is 0 Å². The number of aromatic hydroxyl groups is 1. The summed E-state index contributed by atoms with van der Waals surface area (Å²) < 4.78 is 38.2. The molecule has 7 heteroatoms. The Labute approximate surface area is 129 Å². The molecule has 0 atom stereocenters. The third kappa shape index (κ3) is 3.92. The van der Waals surface area contributed by atoms with E-state index in [0.717, 1.165) is 12.1 Å². The molecule has 0 saturated heterocycles. The molecule has 1 amide bonds. The Balaban J connectivity index is 2.14. The number of anilines is 1. The van der Waals surface area contributed by atoms with Gasteiger partial charge in [0.25, 0.3) is 0 Å². The monoisotopic (exact) mass is 329 g/mol. The Morgan fingerprint density at radius 3 is 2.50 bits per heavy atom. The number of carbonyl (C=O) groups is 1. The number of rotatable bonds is 3. The first kappa shape index (κ1) is 16.2. The zero-order valence-corrected chi connectivity index (χ0v) is 11.9. The van der Waals surface area contributed by atoms with Crippen molar-refractivity contribution in [2.45, 2.75) is 12.6 Å². The number of alkyl halides is 3. The van der Waals surface area contributed by atoms with E-state index in [0.29, 0.717) is 5.56 Å². The Hall–Kier alpha value is -2.21. The highest BCUT2D eigenvalue weighted by Gasteiger charge is 2.33. The summed E-state index contributed by atoms with van der Waals surface area (Å²) in [7, 11) is 0. The molecule has 2 aromatic carbocycles. The summed E-state index contributed by atoms with van der Waals surface area (Å²) in [5.74, 6) is -0.596. The van der Waals surface area contributed by atoms with Crippen molar-refractivity contribution < 1.29 is 23.1 Å². The van der Waals surface area contributed by atoms with Crippen LogP contribution in [-0.4, -0.2) is 11.0 Å². The van der Waals surface area contributed by atoms with Crippen LogP contribution in [0, 0.1) is 0 Å². The molecule has 0 unspecified atom stereocenters. The first-order valence-electron chi connectivity index (χ1n) is 6.21. The van der Waals surface area contributed by atoms with E-state index in [1.807, 2.05) is 0 Å². The van der Waals surface area contributed by atoms with E-state index >= 15 is 0 Å². The number of para-hydroxylation sites is 1. The Kier molecular flexibility index (Phi) is 4.61. The number of hydrogen-bond donors (Lipinski definition) is 2. The fourth-order valence-corrected chi connectivity index (χ4v) is 2.08. The van der Waals surface area contributed by atoms with E-state index in [2.05, 4.69) is 5.32 Å². The fraction of sp³-hybridized carbons (Fsp3) is 0.133. The zero-order valence-electron chi connectivity index (χ0n) is 11.1. The average molecular weight is 330 g/mol. The van der Waals surface area contributed by atoms with E-state index in [9.17, 15) is 23.1 Å². The molecule has 0 spiro atoms. The first-order valence-corrected chi connectivity index (χ1v) is 6.58. The molecule has 2 rings (SSSR count). The molecular formula is C15H11ClF3NO2. The van der Waals surface area contributed by atoms with Gasteiger partial charge in [-0.3, -0.25) is 4.79 Å². The van der Waals surface area contributed by atoms with Crippen LogP contribution in [0.4, 0.5) is 18.9 Å². The number of phenolic OH excluding ortho intramolecular Hbond substituents is 1. The van der Waals surface area contributed by atoms with Crippen molar-refractivity contribution >= 4 is 23.2 Å². The van der Waals surface area contributed by atoms with Crippen LogP contribution in [0.25, 0.3) is 0 Å². The van der Waals surface area contributed by atoms with Crippen LogP contribution >= 0.6 is 11.6 Å². The molecule has 0 radical (unpaired) electrons. The van der Waals surface area contributed by atoms with Gasteiger partial charge in [-0.2, -0.15) is 13.2 Å². The topological polar surface area (TPSA) is 49.3 Å². The molecular weight excluding hydrogens is 319 g/mol. The molecule has 0 fully saturated rings. The summed E-state index contributed by atoms with van der Waals surface area (Å²) >= 11 is 5.50. The van der Waals surface area contributed by atoms with Gasteiger partial charge in [-0.25, -0.2) is 0 Å². The fourth-order valence-electron chi connectivity index (χ4n) is 1.86. The molecule has 2 aromatic rings. The van der Waals surface area contributed by atoms with Crippen molar-refractivity contribution in [2.24, 2.45) is 0 Å². The van der Waals surface area contributed by atoms with E-state index in [-0.39, 0.29) is 17.9 Å². The molecule has 116 valence electrons. The molecule has 0 bridgehead atoms. The third-order valence-corrected chi connectivity index (χ3v) is 3.23. The molecule has 2 N–H and O–H groups in total. The summed E-state index contributed by atoms with van der Waals surface area (Å²) in [5, 5.41) is 11.5. The minimum Gasteiger partial charge on any atom is -0.508 e. The van der Waals surface area contributed by atoms with Crippen molar-refractivity contribution in [3.05, 3.63) is 58.6 Å². The largest absolute Gasteiger partial charge is 0.508 e. The maximum absolute atomic E-state index is 12.7. The Morgan fingerprint density at radius 2 is 1.86 bits per heavy atom. The highest BCUT2D eigenvalue weighted by atomic mass is 35.5. The van der Waals surface area contributed by atoms with E-state index < -0.39 is 22.7 Å². The quantitative estimate of drug-likeness (QED) is 0.884. The predicted octanol–water partition coefficient (Wildman–Crippen LogP) is 4.25. The molecule has 0 aromatic heterocycles. The van der Waals surface area contributed by atoms with E-state index in [4.69, 9.17) is 11.6 Å². The summed E-state index contributed by atoms with van der Waals surface area (Å²) in [6, 6.07) is 9.34. The van der Waals surface area contributed by atoms with Crippen molar-refractivity contribution in [1.29, 1.82) is 0 Å². The maximum Gasteiger partial charge on any atom is 0.417 e. The molecule has 0 heterocycles. The summed E-state index contributed by atoms with van der Waals surface area (Å²) in [4.78, 5) is 11.8. The minimum atomic E-state index is -4.60. The van der Waals surface area contributed by atoms with E-state index in [1.54, 1.807) is 18.2 Å². The normalized spacial score (nSPS) is 11.3. The number of carbonyl (C=O) groups excluding carboxylic acids is 1. The Morgan fingerprint density at radius 1 is 1.18 bits per heavy atom. The van der Waals surface area contributed by atoms with Crippen LogP contribution in [0.5, 0.6) is 5.75 Å². The highest BCUT2D eigenvalue weighted by molar-refractivity contribution is 6.31. The van der Waals surface area contributed by atoms with Gasteiger partial charge in [0.2, 0.25) is 5.91 Å². The van der Waals surface area contributed by atoms with Crippen LogP contribution < -0.4 is 5.32 Å². The lowest BCUT2D eigenvalue weighted by Crippen LogP contribution is -2.15. The zero-order chi connectivity index (χ0) is 16.3. The molecule has 22 heavy (non-hydrogen) atoms.